The van der Waals surface area contributed by atoms with Gasteiger partial charge >= 0.3 is 5.97 Å². The van der Waals surface area contributed by atoms with Gasteiger partial charge in [-0.25, -0.2) is 0 Å². The molecule has 1 heterocycles. The molecule has 0 aromatic rings. The summed E-state index contributed by atoms with van der Waals surface area (Å²) < 4.78 is 0. The van der Waals surface area contributed by atoms with Crippen LogP contribution in [0.2, 0.25) is 0 Å². The van der Waals surface area contributed by atoms with Gasteiger partial charge in [0, 0.05) is 6.04 Å². The van der Waals surface area contributed by atoms with Crippen LogP contribution in [0.15, 0.2) is 0 Å². The summed E-state index contributed by atoms with van der Waals surface area (Å²) in [6.07, 6.45) is 9.79. The van der Waals surface area contributed by atoms with Crippen molar-refractivity contribution in [3.05, 3.63) is 0 Å². The molecular weight excluding hydrogens is 274 g/mol. The first-order valence-electron chi connectivity index (χ1n) is 9.43. The van der Waals surface area contributed by atoms with Crippen molar-refractivity contribution in [3.8, 4) is 0 Å². The minimum atomic E-state index is -0.539. The van der Waals surface area contributed by atoms with Crippen molar-refractivity contribution in [1.29, 1.82) is 0 Å². The smallest absolute Gasteiger partial charge is 0.307 e. The Morgan fingerprint density at radius 3 is 2.55 bits per heavy atom. The lowest BCUT2D eigenvalue weighted by molar-refractivity contribution is -0.150. The van der Waals surface area contributed by atoms with Gasteiger partial charge in [-0.1, -0.05) is 13.8 Å². The molecule has 7 atom stereocenters. The molecule has 4 fully saturated rings. The van der Waals surface area contributed by atoms with E-state index in [1.807, 2.05) is 0 Å². The van der Waals surface area contributed by atoms with Crippen LogP contribution < -0.4 is 5.32 Å². The predicted molar refractivity (Wildman–Crippen MR) is 86.5 cm³/mol. The van der Waals surface area contributed by atoms with Crippen molar-refractivity contribution in [2.75, 3.05) is 6.54 Å². The van der Waals surface area contributed by atoms with Gasteiger partial charge in [-0.15, -0.1) is 0 Å². The van der Waals surface area contributed by atoms with Crippen LogP contribution in [0, 0.1) is 34.5 Å². The van der Waals surface area contributed by atoms with Crippen LogP contribution in [0.25, 0.3) is 0 Å². The first-order chi connectivity index (χ1) is 10.5. The SMILES string of the molecule is C[C@]12CCCN[C@@H]1CC[C@@H]1[C@@H]2CC[C@]2(C)C(C(=O)O)CC[C@@H]12. The van der Waals surface area contributed by atoms with Crippen molar-refractivity contribution in [2.45, 2.75) is 71.3 Å². The standard InChI is InChI=1S/C19H31NO2/c1-18-10-8-14-12(13(18)5-6-15(18)17(21)22)4-7-16-19(14,2)9-3-11-20-16/h12-16,20H,3-11H2,1-2H3,(H,21,22)/t12-,13-,14-,15?,16+,18-,19+/m0/s1. The Hall–Kier alpha value is -0.570. The van der Waals surface area contributed by atoms with Gasteiger partial charge in [0.2, 0.25) is 0 Å². The molecule has 1 saturated heterocycles. The lowest BCUT2D eigenvalue weighted by Gasteiger charge is -2.60. The second-order valence-electron chi connectivity index (χ2n) is 9.08. The van der Waals surface area contributed by atoms with E-state index in [0.29, 0.717) is 17.4 Å². The summed E-state index contributed by atoms with van der Waals surface area (Å²) in [6.45, 7) is 6.03. The molecule has 1 aliphatic heterocycles. The van der Waals surface area contributed by atoms with Gasteiger partial charge in [-0.3, -0.25) is 4.79 Å². The number of rotatable bonds is 1. The van der Waals surface area contributed by atoms with E-state index in [9.17, 15) is 9.90 Å². The predicted octanol–water partition coefficient (Wildman–Crippen LogP) is 3.68. The van der Waals surface area contributed by atoms with E-state index in [1.54, 1.807) is 0 Å². The molecule has 22 heavy (non-hydrogen) atoms. The summed E-state index contributed by atoms with van der Waals surface area (Å²) in [5.41, 5.74) is 0.530. The first kappa shape index (κ1) is 15.0. The molecule has 124 valence electrons. The van der Waals surface area contributed by atoms with Gasteiger partial charge in [0.1, 0.15) is 0 Å². The number of aliphatic carboxylic acids is 1. The zero-order valence-corrected chi connectivity index (χ0v) is 14.1. The molecule has 0 radical (unpaired) electrons. The van der Waals surface area contributed by atoms with Crippen molar-refractivity contribution >= 4 is 5.97 Å². The molecule has 0 aromatic heterocycles. The van der Waals surface area contributed by atoms with Crippen molar-refractivity contribution in [3.63, 3.8) is 0 Å². The minimum Gasteiger partial charge on any atom is -0.481 e. The minimum absolute atomic E-state index is 0.0678. The Morgan fingerprint density at radius 2 is 1.77 bits per heavy atom. The van der Waals surface area contributed by atoms with Crippen molar-refractivity contribution in [1.82, 2.24) is 5.32 Å². The van der Waals surface area contributed by atoms with Gasteiger partial charge in [0.05, 0.1) is 5.92 Å². The number of carboxylic acid groups (broad SMARTS) is 1. The number of hydrogen-bond acceptors (Lipinski definition) is 2. The molecule has 4 aliphatic rings. The Labute approximate surface area is 134 Å². The fourth-order valence-corrected chi connectivity index (χ4v) is 7.30. The molecule has 3 saturated carbocycles. The fourth-order valence-electron chi connectivity index (χ4n) is 7.30. The Bertz CT molecular complexity index is 478. The average Bonchev–Trinajstić information content (AvgIpc) is 2.84. The molecule has 0 spiro atoms. The van der Waals surface area contributed by atoms with Gasteiger partial charge in [0.15, 0.2) is 0 Å². The molecule has 2 N–H and O–H groups in total. The molecule has 0 bridgehead atoms. The maximum Gasteiger partial charge on any atom is 0.307 e. The molecule has 1 unspecified atom stereocenters. The van der Waals surface area contributed by atoms with E-state index in [0.717, 1.165) is 31.1 Å². The van der Waals surface area contributed by atoms with Gasteiger partial charge in [0.25, 0.3) is 0 Å². The number of nitrogens with one attached hydrogen (secondary N) is 1. The first-order valence-corrected chi connectivity index (χ1v) is 9.43. The second-order valence-corrected chi connectivity index (χ2v) is 9.08. The van der Waals surface area contributed by atoms with Crippen LogP contribution in [0.5, 0.6) is 0 Å². The Morgan fingerprint density at radius 1 is 1.00 bits per heavy atom. The van der Waals surface area contributed by atoms with E-state index in [2.05, 4.69) is 19.2 Å². The maximum absolute atomic E-state index is 11.7. The monoisotopic (exact) mass is 305 g/mol. The quantitative estimate of drug-likeness (QED) is 0.777. The summed E-state index contributed by atoms with van der Waals surface area (Å²) >= 11 is 0. The van der Waals surface area contributed by atoms with E-state index >= 15 is 0 Å². The summed E-state index contributed by atoms with van der Waals surface area (Å²) in [5.74, 6) is 1.64. The van der Waals surface area contributed by atoms with Gasteiger partial charge < -0.3 is 10.4 Å². The largest absolute Gasteiger partial charge is 0.481 e. The highest BCUT2D eigenvalue weighted by Crippen LogP contribution is 2.65. The zero-order chi connectivity index (χ0) is 15.5. The lowest BCUT2D eigenvalue weighted by atomic mass is 9.47. The third-order valence-corrected chi connectivity index (χ3v) is 8.45. The maximum atomic E-state index is 11.7. The third kappa shape index (κ3) is 1.87. The van der Waals surface area contributed by atoms with Crippen molar-refractivity contribution in [2.24, 2.45) is 34.5 Å². The highest BCUT2D eigenvalue weighted by Gasteiger charge is 2.60. The highest BCUT2D eigenvalue weighted by molar-refractivity contribution is 5.71. The summed E-state index contributed by atoms with van der Waals surface area (Å²) in [4.78, 5) is 11.7. The van der Waals surface area contributed by atoms with E-state index in [-0.39, 0.29) is 11.3 Å². The van der Waals surface area contributed by atoms with Crippen LogP contribution in [0.4, 0.5) is 0 Å². The average molecular weight is 305 g/mol. The molecule has 4 rings (SSSR count). The van der Waals surface area contributed by atoms with Crippen LogP contribution >= 0.6 is 0 Å². The van der Waals surface area contributed by atoms with E-state index in [1.165, 1.54) is 38.6 Å². The van der Waals surface area contributed by atoms with Crippen LogP contribution in [-0.2, 0) is 4.79 Å². The number of hydrogen-bond donors (Lipinski definition) is 2. The number of piperidine rings is 1. The van der Waals surface area contributed by atoms with E-state index < -0.39 is 5.97 Å². The van der Waals surface area contributed by atoms with E-state index in [4.69, 9.17) is 0 Å². The molecule has 0 aromatic carbocycles. The lowest BCUT2D eigenvalue weighted by Crippen LogP contribution is -2.59. The molecular formula is C19H31NO2. The summed E-state index contributed by atoms with van der Waals surface area (Å²) in [5, 5.41) is 13.4. The Balaban J connectivity index is 1.63. The zero-order valence-electron chi connectivity index (χ0n) is 14.1. The molecule has 0 amide bonds. The number of carbonyl (C=O) groups is 1. The highest BCUT2D eigenvalue weighted by atomic mass is 16.4. The molecule has 3 aliphatic carbocycles. The van der Waals surface area contributed by atoms with Crippen molar-refractivity contribution < 1.29 is 9.90 Å². The normalized spacial score (nSPS) is 54.2. The van der Waals surface area contributed by atoms with Gasteiger partial charge in [-0.05, 0) is 86.5 Å². The number of fused-ring (bicyclic) bond motifs is 5. The fraction of sp³-hybridized carbons (Fsp3) is 0.947. The second kappa shape index (κ2) is 4.96. The Kier molecular flexibility index (Phi) is 3.38. The summed E-state index contributed by atoms with van der Waals surface area (Å²) in [7, 11) is 0. The third-order valence-electron chi connectivity index (χ3n) is 8.45. The molecule has 3 nitrogen and oxygen atoms in total. The molecule has 3 heteroatoms. The van der Waals surface area contributed by atoms with Gasteiger partial charge in [-0.2, -0.15) is 0 Å². The topological polar surface area (TPSA) is 49.3 Å². The van der Waals surface area contributed by atoms with Crippen LogP contribution in [0.1, 0.15) is 65.2 Å². The number of carboxylic acids is 1. The van der Waals surface area contributed by atoms with Crippen LogP contribution in [0.3, 0.4) is 0 Å². The summed E-state index contributed by atoms with van der Waals surface area (Å²) in [6, 6.07) is 0.712. The van der Waals surface area contributed by atoms with Crippen LogP contribution in [-0.4, -0.2) is 23.7 Å².